The van der Waals surface area contributed by atoms with Gasteiger partial charge in [-0.2, -0.15) is 4.31 Å². The molecule has 0 aliphatic carbocycles. The summed E-state index contributed by atoms with van der Waals surface area (Å²) in [6, 6.07) is 3.52. The molecule has 0 unspecified atom stereocenters. The van der Waals surface area contributed by atoms with Crippen LogP contribution in [-0.2, 0) is 19.6 Å². The molecular formula is C12H16FNO4S. The van der Waals surface area contributed by atoms with Crippen LogP contribution in [-0.4, -0.2) is 38.9 Å². The minimum Gasteiger partial charge on any atom is -0.468 e. The highest BCUT2D eigenvalue weighted by Gasteiger charge is 2.27. The van der Waals surface area contributed by atoms with Crippen molar-refractivity contribution in [3.05, 3.63) is 29.6 Å². The lowest BCUT2D eigenvalue weighted by Gasteiger charge is -2.20. The van der Waals surface area contributed by atoms with Crippen molar-refractivity contribution in [1.29, 1.82) is 0 Å². The highest BCUT2D eigenvalue weighted by atomic mass is 32.2. The summed E-state index contributed by atoms with van der Waals surface area (Å²) in [6.07, 6.45) is 0. The van der Waals surface area contributed by atoms with Gasteiger partial charge in [0.25, 0.3) is 0 Å². The number of carbonyl (C=O) groups is 1. The average Bonchev–Trinajstić information content (AvgIpc) is 2.37. The van der Waals surface area contributed by atoms with Crippen LogP contribution in [0.4, 0.5) is 4.39 Å². The van der Waals surface area contributed by atoms with Gasteiger partial charge >= 0.3 is 5.97 Å². The number of nitrogens with zero attached hydrogens (tertiary/aromatic N) is 1. The van der Waals surface area contributed by atoms with Gasteiger partial charge in [-0.05, 0) is 24.6 Å². The molecule has 5 nitrogen and oxygen atoms in total. The normalized spacial score (nSPS) is 11.6. The first-order valence-corrected chi connectivity index (χ1v) is 7.10. The molecule has 0 heterocycles. The van der Waals surface area contributed by atoms with Crippen molar-refractivity contribution < 1.29 is 22.3 Å². The molecule has 0 atom stereocenters. The minimum atomic E-state index is -3.92. The molecule has 1 aromatic rings. The standard InChI is InChI=1S/C12H16FNO4S/c1-4-14(8-12(15)18-3)19(16,17)11-7-10(13)6-5-9(11)2/h5-7H,4,8H2,1-3H3. The van der Waals surface area contributed by atoms with Crippen LogP contribution in [0.1, 0.15) is 12.5 Å². The fraction of sp³-hybridized carbons (Fsp3) is 0.417. The predicted octanol–water partition coefficient (Wildman–Crippen LogP) is 1.32. The van der Waals surface area contributed by atoms with Crippen LogP contribution in [0.5, 0.6) is 0 Å². The molecule has 0 spiro atoms. The Bertz CT molecular complexity index is 571. The number of sulfonamides is 1. The molecule has 7 heteroatoms. The van der Waals surface area contributed by atoms with Gasteiger partial charge in [0, 0.05) is 6.54 Å². The van der Waals surface area contributed by atoms with Crippen LogP contribution in [0, 0.1) is 12.7 Å². The number of carbonyl (C=O) groups excluding carboxylic acids is 1. The summed E-state index contributed by atoms with van der Waals surface area (Å²) in [4.78, 5) is 11.1. The quantitative estimate of drug-likeness (QED) is 0.767. The molecule has 0 aromatic heterocycles. The van der Waals surface area contributed by atoms with Crippen LogP contribution < -0.4 is 0 Å². The van der Waals surface area contributed by atoms with Gasteiger partial charge in [0.2, 0.25) is 10.0 Å². The monoisotopic (exact) mass is 289 g/mol. The van der Waals surface area contributed by atoms with E-state index in [9.17, 15) is 17.6 Å². The third-order valence-corrected chi connectivity index (χ3v) is 4.72. The lowest BCUT2D eigenvalue weighted by atomic mass is 10.2. The summed E-state index contributed by atoms with van der Waals surface area (Å²) in [5, 5.41) is 0. The summed E-state index contributed by atoms with van der Waals surface area (Å²) in [7, 11) is -2.74. The molecule has 0 fully saturated rings. The molecule has 106 valence electrons. The van der Waals surface area contributed by atoms with Crippen molar-refractivity contribution >= 4 is 16.0 Å². The summed E-state index contributed by atoms with van der Waals surface area (Å²) >= 11 is 0. The van der Waals surface area contributed by atoms with Gasteiger partial charge in [0.1, 0.15) is 12.4 Å². The summed E-state index contributed by atoms with van der Waals surface area (Å²) in [5.41, 5.74) is 0.421. The van der Waals surface area contributed by atoms with Crippen molar-refractivity contribution in [2.24, 2.45) is 0 Å². The van der Waals surface area contributed by atoms with Crippen LogP contribution in [0.15, 0.2) is 23.1 Å². The van der Waals surface area contributed by atoms with E-state index < -0.39 is 28.4 Å². The zero-order valence-corrected chi connectivity index (χ0v) is 11.8. The van der Waals surface area contributed by atoms with E-state index in [0.717, 1.165) is 10.4 Å². The molecular weight excluding hydrogens is 273 g/mol. The zero-order valence-electron chi connectivity index (χ0n) is 11.0. The summed E-state index contributed by atoms with van der Waals surface area (Å²) in [5.74, 6) is -1.31. The van der Waals surface area contributed by atoms with Crippen LogP contribution >= 0.6 is 0 Å². The summed E-state index contributed by atoms with van der Waals surface area (Å²) in [6.45, 7) is 2.85. The van der Waals surface area contributed by atoms with Gasteiger partial charge in [-0.1, -0.05) is 13.0 Å². The second kappa shape index (κ2) is 6.12. The largest absolute Gasteiger partial charge is 0.468 e. The Morgan fingerprint density at radius 1 is 1.42 bits per heavy atom. The number of benzene rings is 1. The highest BCUT2D eigenvalue weighted by Crippen LogP contribution is 2.20. The molecule has 0 N–H and O–H groups in total. The van der Waals surface area contributed by atoms with Crippen molar-refractivity contribution in [1.82, 2.24) is 4.31 Å². The molecule has 0 aliphatic heterocycles. The molecule has 0 saturated heterocycles. The zero-order chi connectivity index (χ0) is 14.6. The minimum absolute atomic E-state index is 0.0907. The fourth-order valence-electron chi connectivity index (χ4n) is 1.57. The van der Waals surface area contributed by atoms with Gasteiger partial charge in [0.05, 0.1) is 12.0 Å². The van der Waals surface area contributed by atoms with Crippen molar-refractivity contribution in [2.45, 2.75) is 18.7 Å². The maximum absolute atomic E-state index is 13.2. The Hall–Kier alpha value is -1.47. The number of ether oxygens (including phenoxy) is 1. The Morgan fingerprint density at radius 2 is 2.05 bits per heavy atom. The van der Waals surface area contributed by atoms with E-state index in [1.54, 1.807) is 13.8 Å². The molecule has 0 aliphatic rings. The van der Waals surface area contributed by atoms with Gasteiger partial charge in [-0.15, -0.1) is 0 Å². The van der Waals surface area contributed by atoms with Crippen molar-refractivity contribution in [2.75, 3.05) is 20.2 Å². The Morgan fingerprint density at radius 3 is 2.58 bits per heavy atom. The van der Waals surface area contributed by atoms with E-state index in [2.05, 4.69) is 4.74 Å². The lowest BCUT2D eigenvalue weighted by Crippen LogP contribution is -2.36. The van der Waals surface area contributed by atoms with Gasteiger partial charge < -0.3 is 4.74 Å². The molecule has 0 bridgehead atoms. The number of hydrogen-bond donors (Lipinski definition) is 0. The lowest BCUT2D eigenvalue weighted by molar-refractivity contribution is -0.140. The van der Waals surface area contributed by atoms with Gasteiger partial charge in [-0.3, -0.25) is 4.79 Å². The molecule has 1 aromatic carbocycles. The Labute approximate surface area is 112 Å². The average molecular weight is 289 g/mol. The number of likely N-dealkylation sites (N-methyl/N-ethyl adjacent to an activating group) is 1. The maximum atomic E-state index is 13.2. The van der Waals surface area contributed by atoms with Crippen LogP contribution in [0.3, 0.4) is 0 Å². The topological polar surface area (TPSA) is 63.7 Å². The number of halogens is 1. The molecule has 0 radical (unpaired) electrons. The number of methoxy groups -OCH3 is 1. The van der Waals surface area contributed by atoms with E-state index in [4.69, 9.17) is 0 Å². The third kappa shape index (κ3) is 3.51. The SMILES string of the molecule is CCN(CC(=O)OC)S(=O)(=O)c1cc(F)ccc1C. The highest BCUT2D eigenvalue weighted by molar-refractivity contribution is 7.89. The molecule has 19 heavy (non-hydrogen) atoms. The van der Waals surface area contributed by atoms with E-state index in [1.165, 1.54) is 19.2 Å². The third-order valence-electron chi connectivity index (χ3n) is 2.65. The first kappa shape index (κ1) is 15.6. The molecule has 0 saturated carbocycles. The second-order valence-electron chi connectivity index (χ2n) is 3.92. The number of hydrogen-bond acceptors (Lipinski definition) is 4. The van der Waals surface area contributed by atoms with Gasteiger partial charge in [-0.25, -0.2) is 12.8 Å². The first-order valence-electron chi connectivity index (χ1n) is 5.66. The van der Waals surface area contributed by atoms with Gasteiger partial charge in [0.15, 0.2) is 0 Å². The number of esters is 1. The fourth-order valence-corrected chi connectivity index (χ4v) is 3.20. The van der Waals surface area contributed by atoms with Crippen LogP contribution in [0.2, 0.25) is 0 Å². The van der Waals surface area contributed by atoms with Crippen molar-refractivity contribution in [3.8, 4) is 0 Å². The molecule has 1 rings (SSSR count). The number of rotatable bonds is 5. The summed E-state index contributed by atoms with van der Waals surface area (Å²) < 4.78 is 43.3. The Kier molecular flexibility index (Phi) is 5.02. The predicted molar refractivity (Wildman–Crippen MR) is 67.6 cm³/mol. The van der Waals surface area contributed by atoms with E-state index in [0.29, 0.717) is 5.56 Å². The number of aryl methyl sites for hydroxylation is 1. The second-order valence-corrected chi connectivity index (χ2v) is 5.82. The van der Waals surface area contributed by atoms with E-state index in [1.807, 2.05) is 0 Å². The Balaban J connectivity index is 3.20. The smallest absolute Gasteiger partial charge is 0.321 e. The van der Waals surface area contributed by atoms with E-state index >= 15 is 0 Å². The maximum Gasteiger partial charge on any atom is 0.321 e. The van der Waals surface area contributed by atoms with E-state index in [-0.39, 0.29) is 11.4 Å². The first-order chi connectivity index (χ1) is 8.82. The van der Waals surface area contributed by atoms with Crippen molar-refractivity contribution in [3.63, 3.8) is 0 Å². The van der Waals surface area contributed by atoms with Crippen LogP contribution in [0.25, 0.3) is 0 Å². The molecule has 0 amide bonds.